The van der Waals surface area contributed by atoms with E-state index in [1.54, 1.807) is 0 Å². The first-order valence-corrected chi connectivity index (χ1v) is 8.78. The zero-order valence-corrected chi connectivity index (χ0v) is 14.5. The highest BCUT2D eigenvalue weighted by atomic mass is 16.5. The van der Waals surface area contributed by atoms with Gasteiger partial charge in [-0.1, -0.05) is 32.0 Å². The van der Waals surface area contributed by atoms with Crippen molar-refractivity contribution in [3.05, 3.63) is 29.8 Å². The van der Waals surface area contributed by atoms with Gasteiger partial charge in [0.15, 0.2) is 0 Å². The Morgan fingerprint density at radius 1 is 1.35 bits per heavy atom. The van der Waals surface area contributed by atoms with Gasteiger partial charge in [0, 0.05) is 17.5 Å². The highest BCUT2D eigenvalue weighted by molar-refractivity contribution is 5.79. The van der Waals surface area contributed by atoms with Gasteiger partial charge in [-0.25, -0.2) is 0 Å². The topological polar surface area (TPSA) is 64.3 Å². The van der Waals surface area contributed by atoms with Gasteiger partial charge in [-0.3, -0.25) is 4.79 Å². The van der Waals surface area contributed by atoms with Gasteiger partial charge in [-0.15, -0.1) is 0 Å². The molecule has 0 spiro atoms. The molecule has 0 radical (unpaired) electrons. The van der Waals surface area contributed by atoms with Crippen molar-refractivity contribution in [2.24, 2.45) is 17.6 Å². The molecule has 3 atom stereocenters. The van der Waals surface area contributed by atoms with E-state index >= 15 is 0 Å². The van der Waals surface area contributed by atoms with Crippen LogP contribution in [0.1, 0.15) is 58.1 Å². The fraction of sp³-hybridized carbons (Fsp3) is 0.632. The van der Waals surface area contributed by atoms with E-state index in [2.05, 4.69) is 25.2 Å². The average molecular weight is 318 g/mol. The molecule has 1 fully saturated rings. The van der Waals surface area contributed by atoms with Crippen LogP contribution in [-0.2, 0) is 4.79 Å². The van der Waals surface area contributed by atoms with E-state index < -0.39 is 0 Å². The number of nitrogens with one attached hydrogen (secondary N) is 1. The molecule has 1 aromatic rings. The molecule has 2 rings (SSSR count). The van der Waals surface area contributed by atoms with Crippen molar-refractivity contribution in [1.29, 1.82) is 0 Å². The van der Waals surface area contributed by atoms with Crippen molar-refractivity contribution in [3.8, 4) is 5.75 Å². The largest absolute Gasteiger partial charge is 0.494 e. The van der Waals surface area contributed by atoms with Crippen molar-refractivity contribution in [1.82, 2.24) is 5.32 Å². The Labute approximate surface area is 139 Å². The minimum Gasteiger partial charge on any atom is -0.494 e. The molecule has 0 aromatic heterocycles. The average Bonchev–Trinajstić information content (AvgIpc) is 2.94. The Morgan fingerprint density at radius 3 is 2.70 bits per heavy atom. The van der Waals surface area contributed by atoms with Crippen molar-refractivity contribution < 1.29 is 9.53 Å². The summed E-state index contributed by atoms with van der Waals surface area (Å²) >= 11 is 0. The standard InChI is InChI=1S/C19H30N2O2/c1-4-23-18-8-6-5-7-16(18)17(11-13(2)3)21-19(22)14-9-10-15(20)12-14/h5-8,13-15,17H,4,9-12,20H2,1-3H3,(H,21,22). The van der Waals surface area contributed by atoms with E-state index in [9.17, 15) is 4.79 Å². The third-order valence-electron chi connectivity index (χ3n) is 4.46. The second kappa shape index (κ2) is 8.34. The number of benzene rings is 1. The zero-order chi connectivity index (χ0) is 16.8. The van der Waals surface area contributed by atoms with Crippen molar-refractivity contribution in [3.63, 3.8) is 0 Å². The van der Waals surface area contributed by atoms with Crippen LogP contribution in [0.5, 0.6) is 5.75 Å². The number of hydrogen-bond acceptors (Lipinski definition) is 3. The number of para-hydroxylation sites is 1. The zero-order valence-electron chi connectivity index (χ0n) is 14.5. The molecular formula is C19H30N2O2. The fourth-order valence-corrected chi connectivity index (χ4v) is 3.33. The summed E-state index contributed by atoms with van der Waals surface area (Å²) in [5.41, 5.74) is 7.02. The van der Waals surface area contributed by atoms with Crippen LogP contribution in [0, 0.1) is 11.8 Å². The maximum absolute atomic E-state index is 12.6. The van der Waals surface area contributed by atoms with Gasteiger partial charge in [-0.2, -0.15) is 0 Å². The molecule has 1 aromatic carbocycles. The van der Waals surface area contributed by atoms with Crippen LogP contribution < -0.4 is 15.8 Å². The molecule has 3 unspecified atom stereocenters. The van der Waals surface area contributed by atoms with Crippen LogP contribution in [0.15, 0.2) is 24.3 Å². The second-order valence-corrected chi connectivity index (χ2v) is 6.93. The third-order valence-corrected chi connectivity index (χ3v) is 4.46. The molecule has 3 N–H and O–H groups in total. The Morgan fingerprint density at radius 2 is 2.09 bits per heavy atom. The predicted octanol–water partition coefficient (Wildman–Crippen LogP) is 3.42. The highest BCUT2D eigenvalue weighted by Crippen LogP contribution is 2.31. The number of amides is 1. The first-order valence-electron chi connectivity index (χ1n) is 8.78. The van der Waals surface area contributed by atoms with Crippen molar-refractivity contribution >= 4 is 5.91 Å². The van der Waals surface area contributed by atoms with Crippen LogP contribution in [0.25, 0.3) is 0 Å². The molecule has 1 amide bonds. The summed E-state index contributed by atoms with van der Waals surface area (Å²) in [5, 5.41) is 3.25. The monoisotopic (exact) mass is 318 g/mol. The molecule has 0 saturated heterocycles. The molecule has 0 heterocycles. The molecule has 4 heteroatoms. The third kappa shape index (κ3) is 4.96. The van der Waals surface area contributed by atoms with Gasteiger partial charge in [-0.05, 0) is 44.6 Å². The molecule has 1 aliphatic carbocycles. The fourth-order valence-electron chi connectivity index (χ4n) is 3.33. The van der Waals surface area contributed by atoms with Gasteiger partial charge in [0.2, 0.25) is 5.91 Å². The minimum absolute atomic E-state index is 0.0120. The lowest BCUT2D eigenvalue weighted by Crippen LogP contribution is -2.34. The Balaban J connectivity index is 2.15. The maximum Gasteiger partial charge on any atom is 0.223 e. The van der Waals surface area contributed by atoms with E-state index in [0.717, 1.165) is 37.0 Å². The van der Waals surface area contributed by atoms with Crippen LogP contribution in [0.4, 0.5) is 0 Å². The lowest BCUT2D eigenvalue weighted by molar-refractivity contribution is -0.125. The number of ether oxygens (including phenoxy) is 1. The van der Waals surface area contributed by atoms with E-state index in [-0.39, 0.29) is 23.9 Å². The van der Waals surface area contributed by atoms with E-state index in [1.807, 2.05) is 25.1 Å². The van der Waals surface area contributed by atoms with E-state index in [1.165, 1.54) is 0 Å². The molecule has 0 bridgehead atoms. The summed E-state index contributed by atoms with van der Waals surface area (Å²) in [5.74, 6) is 1.54. The number of rotatable bonds is 7. The lowest BCUT2D eigenvalue weighted by atomic mass is 9.95. The summed E-state index contributed by atoms with van der Waals surface area (Å²) < 4.78 is 5.75. The summed E-state index contributed by atoms with van der Waals surface area (Å²) in [7, 11) is 0. The van der Waals surface area contributed by atoms with E-state index in [4.69, 9.17) is 10.5 Å². The van der Waals surface area contributed by atoms with Crippen molar-refractivity contribution in [2.45, 2.75) is 58.5 Å². The second-order valence-electron chi connectivity index (χ2n) is 6.93. The molecule has 23 heavy (non-hydrogen) atoms. The highest BCUT2D eigenvalue weighted by Gasteiger charge is 2.30. The SMILES string of the molecule is CCOc1ccccc1C(CC(C)C)NC(=O)C1CCC(N)C1. The van der Waals surface area contributed by atoms with Crippen LogP contribution >= 0.6 is 0 Å². The minimum atomic E-state index is -0.0120. The Kier molecular flexibility index (Phi) is 6.46. The first kappa shape index (κ1) is 17.8. The summed E-state index contributed by atoms with van der Waals surface area (Å²) in [6.45, 7) is 6.95. The predicted molar refractivity (Wildman–Crippen MR) is 93.3 cm³/mol. The molecule has 1 aliphatic rings. The molecule has 4 nitrogen and oxygen atoms in total. The van der Waals surface area contributed by atoms with Crippen molar-refractivity contribution in [2.75, 3.05) is 6.61 Å². The van der Waals surface area contributed by atoms with Crippen LogP contribution in [0.2, 0.25) is 0 Å². The lowest BCUT2D eigenvalue weighted by Gasteiger charge is -2.25. The smallest absolute Gasteiger partial charge is 0.223 e. The first-order chi connectivity index (χ1) is 11.0. The normalized spacial score (nSPS) is 22.1. The molecule has 1 saturated carbocycles. The van der Waals surface area contributed by atoms with E-state index in [0.29, 0.717) is 12.5 Å². The Hall–Kier alpha value is -1.55. The maximum atomic E-state index is 12.6. The quantitative estimate of drug-likeness (QED) is 0.809. The summed E-state index contributed by atoms with van der Waals surface area (Å²) in [6, 6.07) is 8.16. The summed E-state index contributed by atoms with van der Waals surface area (Å²) in [4.78, 5) is 12.6. The number of carbonyl (C=O) groups is 1. The summed E-state index contributed by atoms with van der Waals surface area (Å²) in [6.07, 6.45) is 3.54. The van der Waals surface area contributed by atoms with Gasteiger partial charge in [0.1, 0.15) is 5.75 Å². The number of carbonyl (C=O) groups excluding carboxylic acids is 1. The van der Waals surface area contributed by atoms with Gasteiger partial charge in [0.05, 0.1) is 12.6 Å². The van der Waals surface area contributed by atoms with Gasteiger partial charge < -0.3 is 15.8 Å². The van der Waals surface area contributed by atoms with Crippen LogP contribution in [0.3, 0.4) is 0 Å². The molecule has 128 valence electrons. The van der Waals surface area contributed by atoms with Crippen LogP contribution in [-0.4, -0.2) is 18.6 Å². The van der Waals surface area contributed by atoms with Gasteiger partial charge in [0.25, 0.3) is 0 Å². The molecule has 0 aliphatic heterocycles. The number of hydrogen-bond donors (Lipinski definition) is 2. The van der Waals surface area contributed by atoms with Gasteiger partial charge >= 0.3 is 0 Å². The molecular weight excluding hydrogens is 288 g/mol. The Bertz CT molecular complexity index is 516. The number of nitrogens with two attached hydrogens (primary N) is 1.